The highest BCUT2D eigenvalue weighted by Gasteiger charge is 2.21. The molecule has 0 saturated carbocycles. The Morgan fingerprint density at radius 2 is 1.81 bits per heavy atom. The number of amides is 2. The average molecular weight is 392 g/mol. The Balaban J connectivity index is 0.00000261. The molecule has 27 heavy (non-hydrogen) atoms. The molecule has 0 aliphatic carbocycles. The van der Waals surface area contributed by atoms with Crippen molar-refractivity contribution in [2.24, 2.45) is 0 Å². The Kier molecular flexibility index (Phi) is 7.33. The smallest absolute Gasteiger partial charge is 0.258 e. The van der Waals surface area contributed by atoms with Crippen LogP contribution in [0.25, 0.3) is 0 Å². The Labute approximate surface area is 164 Å². The number of nitrogens with one attached hydrogen (secondary N) is 3. The zero-order chi connectivity index (χ0) is 18.5. The maximum Gasteiger partial charge on any atom is 0.258 e. The van der Waals surface area contributed by atoms with Gasteiger partial charge >= 0.3 is 0 Å². The molecule has 1 saturated heterocycles. The van der Waals surface area contributed by atoms with Crippen molar-refractivity contribution in [2.45, 2.75) is 25.8 Å². The zero-order valence-electron chi connectivity index (χ0n) is 15.0. The summed E-state index contributed by atoms with van der Waals surface area (Å²) in [5.74, 6) is -1.42. The van der Waals surface area contributed by atoms with Crippen molar-refractivity contribution in [1.29, 1.82) is 0 Å². The van der Waals surface area contributed by atoms with E-state index in [0.29, 0.717) is 11.3 Å². The highest BCUT2D eigenvalue weighted by atomic mass is 35.5. The number of aryl methyl sites for hydroxylation is 1. The monoisotopic (exact) mass is 391 g/mol. The molecule has 2 aromatic rings. The van der Waals surface area contributed by atoms with Crippen molar-refractivity contribution in [3.8, 4) is 0 Å². The maximum absolute atomic E-state index is 13.9. The molecule has 1 atom stereocenters. The van der Waals surface area contributed by atoms with E-state index in [1.165, 1.54) is 18.2 Å². The number of hydrogen-bond acceptors (Lipinski definition) is 3. The second-order valence-corrected chi connectivity index (χ2v) is 6.45. The number of anilines is 1. The van der Waals surface area contributed by atoms with Gasteiger partial charge in [-0.25, -0.2) is 4.39 Å². The maximum atomic E-state index is 13.9. The van der Waals surface area contributed by atoms with Crippen molar-refractivity contribution in [2.75, 3.05) is 18.4 Å². The summed E-state index contributed by atoms with van der Waals surface area (Å²) in [7, 11) is 0. The van der Waals surface area contributed by atoms with Gasteiger partial charge < -0.3 is 16.0 Å². The highest BCUT2D eigenvalue weighted by Crippen LogP contribution is 2.22. The molecule has 0 bridgehead atoms. The molecule has 3 rings (SSSR count). The molecule has 1 unspecified atom stereocenters. The second-order valence-electron chi connectivity index (χ2n) is 6.45. The number of hydrogen-bond donors (Lipinski definition) is 3. The van der Waals surface area contributed by atoms with Gasteiger partial charge in [-0.1, -0.05) is 24.3 Å². The normalized spacial score (nSPS) is 16.1. The summed E-state index contributed by atoms with van der Waals surface area (Å²) in [6.45, 7) is 3.49. The van der Waals surface area contributed by atoms with E-state index in [-0.39, 0.29) is 29.9 Å². The molecule has 1 aliphatic heterocycles. The van der Waals surface area contributed by atoms with Crippen LogP contribution in [0.1, 0.15) is 39.1 Å². The topological polar surface area (TPSA) is 70.2 Å². The Morgan fingerprint density at radius 3 is 2.52 bits per heavy atom. The molecule has 144 valence electrons. The summed E-state index contributed by atoms with van der Waals surface area (Å²) in [5.41, 5.74) is 1.46. The Hall–Kier alpha value is -2.44. The largest absolute Gasteiger partial charge is 0.348 e. The van der Waals surface area contributed by atoms with Crippen LogP contribution in [0.15, 0.2) is 42.5 Å². The lowest BCUT2D eigenvalue weighted by atomic mass is 10.0. The molecule has 2 aromatic carbocycles. The van der Waals surface area contributed by atoms with E-state index in [1.54, 1.807) is 31.2 Å². The quantitative estimate of drug-likeness (QED) is 0.749. The van der Waals surface area contributed by atoms with Crippen LogP contribution in [0.5, 0.6) is 0 Å². The molecule has 2 amide bonds. The number of halogens is 2. The third-order valence-corrected chi connectivity index (χ3v) is 4.51. The minimum Gasteiger partial charge on any atom is -0.348 e. The van der Waals surface area contributed by atoms with E-state index in [2.05, 4.69) is 16.0 Å². The van der Waals surface area contributed by atoms with E-state index in [1.807, 2.05) is 0 Å². The first-order valence-corrected chi connectivity index (χ1v) is 8.73. The van der Waals surface area contributed by atoms with Crippen molar-refractivity contribution < 1.29 is 14.0 Å². The first-order chi connectivity index (χ1) is 12.6. The molecule has 3 N–H and O–H groups in total. The second kappa shape index (κ2) is 9.48. The van der Waals surface area contributed by atoms with Crippen molar-refractivity contribution in [1.82, 2.24) is 10.6 Å². The van der Waals surface area contributed by atoms with Crippen LogP contribution >= 0.6 is 12.4 Å². The standard InChI is InChI=1S/C20H22FN3O2.ClH/c1-13-6-4-9-16(20(26)23-14-7-5-11-22-12-14)18(13)24-19(25)15-8-2-3-10-17(15)21;/h2-4,6,8-10,14,22H,5,7,11-12H2,1H3,(H,23,26)(H,24,25);1H. The average Bonchev–Trinajstić information content (AvgIpc) is 2.64. The van der Waals surface area contributed by atoms with Gasteiger partial charge in [-0.2, -0.15) is 0 Å². The lowest BCUT2D eigenvalue weighted by Gasteiger charge is -2.24. The molecular formula is C20H23ClFN3O2. The molecular weight excluding hydrogens is 369 g/mol. The van der Waals surface area contributed by atoms with Crippen LogP contribution in [0.3, 0.4) is 0 Å². The molecule has 1 fully saturated rings. The number of piperidine rings is 1. The summed E-state index contributed by atoms with van der Waals surface area (Å²) >= 11 is 0. The minimum atomic E-state index is -0.599. The molecule has 1 aliphatic rings. The highest BCUT2D eigenvalue weighted by molar-refractivity contribution is 6.09. The van der Waals surface area contributed by atoms with Gasteiger partial charge in [0.05, 0.1) is 16.8 Å². The molecule has 0 radical (unpaired) electrons. The van der Waals surface area contributed by atoms with Crippen LogP contribution in [-0.2, 0) is 0 Å². The fourth-order valence-electron chi connectivity index (χ4n) is 3.09. The Bertz CT molecular complexity index is 823. The van der Waals surface area contributed by atoms with Gasteiger partial charge in [-0.15, -0.1) is 12.4 Å². The van der Waals surface area contributed by atoms with Crippen molar-refractivity contribution in [3.05, 3.63) is 65.0 Å². The van der Waals surface area contributed by atoms with Gasteiger partial charge in [0.15, 0.2) is 0 Å². The summed E-state index contributed by atoms with van der Waals surface area (Å²) < 4.78 is 13.9. The first-order valence-electron chi connectivity index (χ1n) is 8.73. The Morgan fingerprint density at radius 1 is 1.07 bits per heavy atom. The number of carbonyl (C=O) groups is 2. The molecule has 0 aromatic heterocycles. The van der Waals surface area contributed by atoms with Crippen LogP contribution in [0.4, 0.5) is 10.1 Å². The van der Waals surface area contributed by atoms with E-state index in [9.17, 15) is 14.0 Å². The molecule has 1 heterocycles. The first kappa shape index (κ1) is 20.9. The van der Waals surface area contributed by atoms with Gasteiger partial charge in [0.2, 0.25) is 0 Å². The van der Waals surface area contributed by atoms with Crippen LogP contribution in [0.2, 0.25) is 0 Å². The van der Waals surface area contributed by atoms with E-state index in [4.69, 9.17) is 0 Å². The number of rotatable bonds is 4. The molecule has 0 spiro atoms. The third kappa shape index (κ3) is 5.05. The van der Waals surface area contributed by atoms with E-state index in [0.717, 1.165) is 31.5 Å². The number of benzene rings is 2. The zero-order valence-corrected chi connectivity index (χ0v) is 15.9. The SMILES string of the molecule is Cc1cccc(C(=O)NC2CCCNC2)c1NC(=O)c1ccccc1F.Cl. The van der Waals surface area contributed by atoms with Crippen LogP contribution in [0, 0.1) is 12.7 Å². The minimum absolute atomic E-state index is 0. The summed E-state index contributed by atoms with van der Waals surface area (Å²) in [5, 5.41) is 8.95. The summed E-state index contributed by atoms with van der Waals surface area (Å²) in [6.07, 6.45) is 1.93. The van der Waals surface area contributed by atoms with Gasteiger partial charge in [-0.05, 0) is 50.1 Å². The molecule has 5 nitrogen and oxygen atoms in total. The van der Waals surface area contributed by atoms with Gasteiger partial charge in [0.1, 0.15) is 5.82 Å². The predicted octanol–water partition coefficient (Wildman–Crippen LogP) is 3.29. The fourth-order valence-corrected chi connectivity index (χ4v) is 3.09. The van der Waals surface area contributed by atoms with E-state index >= 15 is 0 Å². The van der Waals surface area contributed by atoms with E-state index < -0.39 is 11.7 Å². The van der Waals surface area contributed by atoms with Gasteiger partial charge in [0.25, 0.3) is 11.8 Å². The lowest BCUT2D eigenvalue weighted by molar-refractivity contribution is 0.0931. The third-order valence-electron chi connectivity index (χ3n) is 4.51. The number of carbonyl (C=O) groups excluding carboxylic acids is 2. The van der Waals surface area contributed by atoms with Gasteiger partial charge in [0, 0.05) is 12.6 Å². The lowest BCUT2D eigenvalue weighted by Crippen LogP contribution is -2.45. The number of para-hydroxylation sites is 1. The van der Waals surface area contributed by atoms with Gasteiger partial charge in [-0.3, -0.25) is 9.59 Å². The van der Waals surface area contributed by atoms with Crippen molar-refractivity contribution in [3.63, 3.8) is 0 Å². The molecule has 7 heteroatoms. The predicted molar refractivity (Wildman–Crippen MR) is 106 cm³/mol. The summed E-state index contributed by atoms with van der Waals surface area (Å²) in [4.78, 5) is 25.2. The fraction of sp³-hybridized carbons (Fsp3) is 0.300. The van der Waals surface area contributed by atoms with Crippen LogP contribution in [-0.4, -0.2) is 30.9 Å². The van der Waals surface area contributed by atoms with Crippen molar-refractivity contribution >= 4 is 29.9 Å². The summed E-state index contributed by atoms with van der Waals surface area (Å²) in [6, 6.07) is 11.1. The van der Waals surface area contributed by atoms with Crippen LogP contribution < -0.4 is 16.0 Å².